The van der Waals surface area contributed by atoms with Gasteiger partial charge >= 0.3 is 5.69 Å². The molecule has 0 radical (unpaired) electrons. The molecule has 27 heavy (non-hydrogen) atoms. The largest absolute Gasteiger partial charge is 0.471 e. The molecule has 0 bridgehead atoms. The van der Waals surface area contributed by atoms with Crippen LogP contribution in [0.2, 0.25) is 5.02 Å². The van der Waals surface area contributed by atoms with Crippen molar-refractivity contribution in [1.29, 1.82) is 0 Å². The Morgan fingerprint density at radius 2 is 2.19 bits per heavy atom. The van der Waals surface area contributed by atoms with Crippen LogP contribution in [0.1, 0.15) is 17.4 Å². The number of benzene rings is 1. The third-order valence-corrected chi connectivity index (χ3v) is 3.82. The molecule has 11 heteroatoms. The Kier molecular flexibility index (Phi) is 5.36. The third kappa shape index (κ3) is 4.23. The number of anilines is 1. The maximum atomic E-state index is 12.4. The summed E-state index contributed by atoms with van der Waals surface area (Å²) in [5.41, 5.74) is -0.107. The lowest BCUT2D eigenvalue weighted by Gasteiger charge is -2.06. The van der Waals surface area contributed by atoms with Crippen molar-refractivity contribution in [3.8, 4) is 5.75 Å². The summed E-state index contributed by atoms with van der Waals surface area (Å²) in [6, 6.07) is 6.91. The average molecular weight is 391 g/mol. The standard InChI is InChI=1S/C16H15ClN6O4/c1-2-22-15(14(8-19-22)23(25)26)16(24)20-12-7-18-21(9-12)10-27-13-5-3-4-11(17)6-13/h3-9H,2,10H2,1H3,(H,20,24). The van der Waals surface area contributed by atoms with Crippen LogP contribution >= 0.6 is 11.6 Å². The molecule has 3 aromatic rings. The molecule has 0 aliphatic carbocycles. The van der Waals surface area contributed by atoms with Crippen molar-refractivity contribution >= 4 is 28.9 Å². The Morgan fingerprint density at radius 3 is 2.89 bits per heavy atom. The van der Waals surface area contributed by atoms with Crippen LogP contribution in [0, 0.1) is 10.1 Å². The molecule has 10 nitrogen and oxygen atoms in total. The molecular weight excluding hydrogens is 376 g/mol. The van der Waals surface area contributed by atoms with Gasteiger partial charge in [-0.25, -0.2) is 4.68 Å². The minimum Gasteiger partial charge on any atom is -0.471 e. The Bertz CT molecular complexity index is 983. The van der Waals surface area contributed by atoms with Gasteiger partial charge in [-0.2, -0.15) is 10.2 Å². The van der Waals surface area contributed by atoms with Gasteiger partial charge in [0.15, 0.2) is 6.73 Å². The smallest absolute Gasteiger partial charge is 0.320 e. The lowest BCUT2D eigenvalue weighted by Crippen LogP contribution is -2.18. The summed E-state index contributed by atoms with van der Waals surface area (Å²) >= 11 is 5.89. The van der Waals surface area contributed by atoms with E-state index >= 15 is 0 Å². The van der Waals surface area contributed by atoms with Crippen LogP contribution < -0.4 is 10.1 Å². The Labute approximate surface area is 158 Å². The number of nitrogens with one attached hydrogen (secondary N) is 1. The monoisotopic (exact) mass is 390 g/mol. The number of hydrogen-bond donors (Lipinski definition) is 1. The molecule has 2 aromatic heterocycles. The van der Waals surface area contributed by atoms with Crippen molar-refractivity contribution in [3.05, 3.63) is 63.7 Å². The number of hydrogen-bond acceptors (Lipinski definition) is 6. The molecule has 0 saturated carbocycles. The molecule has 1 amide bonds. The number of amides is 1. The second-order valence-corrected chi connectivity index (χ2v) is 5.84. The second kappa shape index (κ2) is 7.87. The fraction of sp³-hybridized carbons (Fsp3) is 0.188. The number of aromatic nitrogens is 4. The first kappa shape index (κ1) is 18.4. The number of carbonyl (C=O) groups excluding carboxylic acids is 1. The molecule has 0 saturated heterocycles. The molecule has 0 spiro atoms. The van der Waals surface area contributed by atoms with Crippen molar-refractivity contribution in [2.75, 3.05) is 5.32 Å². The molecule has 140 valence electrons. The molecule has 1 N–H and O–H groups in total. The van der Waals surface area contributed by atoms with Crippen molar-refractivity contribution in [3.63, 3.8) is 0 Å². The molecule has 0 unspecified atom stereocenters. The molecular formula is C16H15ClN6O4. The van der Waals surface area contributed by atoms with Gasteiger partial charge in [0.25, 0.3) is 5.91 Å². The topological polar surface area (TPSA) is 117 Å². The van der Waals surface area contributed by atoms with Crippen molar-refractivity contribution in [1.82, 2.24) is 19.6 Å². The van der Waals surface area contributed by atoms with Gasteiger partial charge in [0.05, 0.1) is 23.0 Å². The second-order valence-electron chi connectivity index (χ2n) is 5.40. The van der Waals surface area contributed by atoms with Gasteiger partial charge in [0, 0.05) is 11.6 Å². The summed E-state index contributed by atoms with van der Waals surface area (Å²) < 4.78 is 8.27. The van der Waals surface area contributed by atoms with Crippen LogP contribution in [-0.4, -0.2) is 30.4 Å². The lowest BCUT2D eigenvalue weighted by atomic mass is 10.3. The summed E-state index contributed by atoms with van der Waals surface area (Å²) in [5.74, 6) is -0.0672. The zero-order valence-electron chi connectivity index (χ0n) is 14.2. The number of nitro groups is 1. The van der Waals surface area contributed by atoms with E-state index in [0.29, 0.717) is 23.0 Å². The van der Waals surface area contributed by atoms with E-state index in [1.54, 1.807) is 37.4 Å². The predicted octanol–water partition coefficient (Wildman–Crippen LogP) is 2.95. The Hall–Kier alpha value is -3.40. The predicted molar refractivity (Wildman–Crippen MR) is 96.8 cm³/mol. The number of halogens is 1. The minimum absolute atomic E-state index is 0.100. The van der Waals surface area contributed by atoms with Crippen LogP contribution in [0.4, 0.5) is 11.4 Å². The van der Waals surface area contributed by atoms with E-state index in [-0.39, 0.29) is 18.1 Å². The van der Waals surface area contributed by atoms with Gasteiger partial charge in [-0.15, -0.1) is 0 Å². The summed E-state index contributed by atoms with van der Waals surface area (Å²) in [5, 5.41) is 22.1. The van der Waals surface area contributed by atoms with Crippen molar-refractivity contribution in [2.45, 2.75) is 20.2 Å². The highest BCUT2D eigenvalue weighted by atomic mass is 35.5. The van der Waals surface area contributed by atoms with E-state index in [0.717, 1.165) is 6.20 Å². The quantitative estimate of drug-likeness (QED) is 0.489. The summed E-state index contributed by atoms with van der Waals surface area (Å²) in [6.45, 7) is 2.16. The molecule has 0 aliphatic rings. The molecule has 0 fully saturated rings. The average Bonchev–Trinajstić information content (AvgIpc) is 3.26. The SMILES string of the molecule is CCn1ncc([N+](=O)[O-])c1C(=O)Nc1cnn(COc2cccc(Cl)c2)c1. The highest BCUT2D eigenvalue weighted by molar-refractivity contribution is 6.30. The number of carbonyl (C=O) groups is 1. The maximum Gasteiger partial charge on any atom is 0.320 e. The van der Waals surface area contributed by atoms with Gasteiger partial charge < -0.3 is 10.1 Å². The third-order valence-electron chi connectivity index (χ3n) is 3.58. The van der Waals surface area contributed by atoms with E-state index in [2.05, 4.69) is 15.5 Å². The Morgan fingerprint density at radius 1 is 1.37 bits per heavy atom. The highest BCUT2D eigenvalue weighted by Crippen LogP contribution is 2.20. The van der Waals surface area contributed by atoms with Crippen molar-refractivity contribution < 1.29 is 14.5 Å². The van der Waals surface area contributed by atoms with Gasteiger partial charge in [-0.1, -0.05) is 17.7 Å². The fourth-order valence-corrected chi connectivity index (χ4v) is 2.55. The normalized spacial score (nSPS) is 10.6. The van der Waals surface area contributed by atoms with Crippen LogP contribution in [0.3, 0.4) is 0 Å². The Balaban J connectivity index is 1.68. The van der Waals surface area contributed by atoms with Crippen LogP contribution in [0.15, 0.2) is 42.9 Å². The van der Waals surface area contributed by atoms with Gasteiger partial charge in [-0.05, 0) is 25.1 Å². The van der Waals surface area contributed by atoms with Crippen LogP contribution in [0.25, 0.3) is 0 Å². The number of ether oxygens (including phenoxy) is 1. The zero-order chi connectivity index (χ0) is 19.4. The maximum absolute atomic E-state index is 12.4. The minimum atomic E-state index is -0.643. The van der Waals surface area contributed by atoms with Crippen molar-refractivity contribution in [2.24, 2.45) is 0 Å². The van der Waals surface area contributed by atoms with Gasteiger partial charge in [-0.3, -0.25) is 19.6 Å². The summed E-state index contributed by atoms with van der Waals surface area (Å²) in [6.07, 6.45) is 4.01. The first-order valence-corrected chi connectivity index (χ1v) is 8.28. The molecule has 3 rings (SSSR count). The van der Waals surface area contributed by atoms with Crippen LogP contribution in [0.5, 0.6) is 5.75 Å². The molecule has 2 heterocycles. The van der Waals surface area contributed by atoms with E-state index < -0.39 is 10.8 Å². The van der Waals surface area contributed by atoms with Crippen LogP contribution in [-0.2, 0) is 13.3 Å². The van der Waals surface area contributed by atoms with E-state index in [9.17, 15) is 14.9 Å². The van der Waals surface area contributed by atoms with E-state index in [1.165, 1.54) is 15.6 Å². The number of nitrogens with zero attached hydrogens (tertiary/aromatic N) is 5. The zero-order valence-corrected chi connectivity index (χ0v) is 15.0. The summed E-state index contributed by atoms with van der Waals surface area (Å²) in [4.78, 5) is 22.9. The van der Waals surface area contributed by atoms with E-state index in [1.807, 2.05) is 0 Å². The first-order valence-electron chi connectivity index (χ1n) is 7.90. The van der Waals surface area contributed by atoms with E-state index in [4.69, 9.17) is 16.3 Å². The number of rotatable bonds is 7. The lowest BCUT2D eigenvalue weighted by molar-refractivity contribution is -0.385. The molecule has 1 aromatic carbocycles. The van der Waals surface area contributed by atoms with Gasteiger partial charge in [0.2, 0.25) is 5.69 Å². The fourth-order valence-electron chi connectivity index (χ4n) is 2.37. The first-order chi connectivity index (χ1) is 13.0. The summed E-state index contributed by atoms with van der Waals surface area (Å²) in [7, 11) is 0. The highest BCUT2D eigenvalue weighted by Gasteiger charge is 2.26. The molecule has 0 atom stereocenters. The molecule has 0 aliphatic heterocycles. The van der Waals surface area contributed by atoms with Gasteiger partial charge in [0.1, 0.15) is 11.9 Å². The number of aryl methyl sites for hydroxylation is 1.